The van der Waals surface area contributed by atoms with Gasteiger partial charge in [0.05, 0.1) is 23.3 Å². The standard InChI is InChI=1S/C17H18FNO4S/c1-2-24(22,23)15-8-6-12(7-9-15)16(11-20)19-17(21)13-4-3-5-14(18)10-13/h3-10,16,20H,2,11H2,1H3,(H,19,21). The number of rotatable bonds is 6. The summed E-state index contributed by atoms with van der Waals surface area (Å²) in [6.07, 6.45) is 0. The van der Waals surface area contributed by atoms with Crippen LogP contribution in [0, 0.1) is 5.82 Å². The molecule has 2 aromatic rings. The number of aliphatic hydroxyl groups is 1. The molecule has 7 heteroatoms. The van der Waals surface area contributed by atoms with Crippen molar-refractivity contribution in [1.29, 1.82) is 0 Å². The van der Waals surface area contributed by atoms with E-state index in [1.54, 1.807) is 6.92 Å². The second-order valence-electron chi connectivity index (χ2n) is 5.19. The molecule has 0 heterocycles. The third-order valence-corrected chi connectivity index (χ3v) is 5.35. The van der Waals surface area contributed by atoms with Gasteiger partial charge in [0.25, 0.3) is 5.91 Å². The Morgan fingerprint density at radius 1 is 1.21 bits per heavy atom. The minimum atomic E-state index is -3.31. The molecule has 1 unspecified atom stereocenters. The third-order valence-electron chi connectivity index (χ3n) is 3.60. The zero-order valence-electron chi connectivity index (χ0n) is 13.1. The van der Waals surface area contributed by atoms with Crippen LogP contribution in [0.4, 0.5) is 4.39 Å². The molecule has 0 saturated heterocycles. The van der Waals surface area contributed by atoms with Crippen LogP contribution in [0.15, 0.2) is 53.4 Å². The number of hydrogen-bond acceptors (Lipinski definition) is 4. The first-order valence-corrected chi connectivity index (χ1v) is 9.02. The molecule has 2 aromatic carbocycles. The van der Waals surface area contributed by atoms with Crippen molar-refractivity contribution >= 4 is 15.7 Å². The summed E-state index contributed by atoms with van der Waals surface area (Å²) in [7, 11) is -3.31. The van der Waals surface area contributed by atoms with Gasteiger partial charge < -0.3 is 10.4 Å². The van der Waals surface area contributed by atoms with Gasteiger partial charge in [-0.25, -0.2) is 12.8 Å². The van der Waals surface area contributed by atoms with E-state index in [-0.39, 0.29) is 22.8 Å². The smallest absolute Gasteiger partial charge is 0.251 e. The minimum Gasteiger partial charge on any atom is -0.394 e. The molecule has 0 fully saturated rings. The largest absolute Gasteiger partial charge is 0.394 e. The molecule has 5 nitrogen and oxygen atoms in total. The first-order valence-electron chi connectivity index (χ1n) is 7.37. The van der Waals surface area contributed by atoms with Crippen molar-refractivity contribution in [1.82, 2.24) is 5.32 Å². The van der Waals surface area contributed by atoms with E-state index in [1.807, 2.05) is 0 Å². The van der Waals surface area contributed by atoms with Crippen LogP contribution in [0.25, 0.3) is 0 Å². The molecule has 24 heavy (non-hydrogen) atoms. The summed E-state index contributed by atoms with van der Waals surface area (Å²) in [5.74, 6) is -1.07. The number of nitrogens with one attached hydrogen (secondary N) is 1. The Bertz CT molecular complexity index is 819. The molecule has 0 radical (unpaired) electrons. The highest BCUT2D eigenvalue weighted by atomic mass is 32.2. The molecule has 1 amide bonds. The van der Waals surface area contributed by atoms with E-state index < -0.39 is 27.6 Å². The van der Waals surface area contributed by atoms with Crippen molar-refractivity contribution in [3.8, 4) is 0 Å². The average Bonchev–Trinajstić information content (AvgIpc) is 2.59. The first-order chi connectivity index (χ1) is 11.4. The molecule has 1 atom stereocenters. The molecule has 128 valence electrons. The van der Waals surface area contributed by atoms with E-state index in [0.29, 0.717) is 5.56 Å². The summed E-state index contributed by atoms with van der Waals surface area (Å²) in [5.41, 5.74) is 0.691. The maximum absolute atomic E-state index is 13.2. The normalized spacial score (nSPS) is 12.6. The fourth-order valence-corrected chi connectivity index (χ4v) is 3.06. The van der Waals surface area contributed by atoms with Gasteiger partial charge in [-0.1, -0.05) is 25.1 Å². The van der Waals surface area contributed by atoms with Crippen LogP contribution in [0.3, 0.4) is 0 Å². The predicted molar refractivity (Wildman–Crippen MR) is 87.9 cm³/mol. The fourth-order valence-electron chi connectivity index (χ4n) is 2.18. The number of carbonyl (C=O) groups excluding carboxylic acids is 1. The average molecular weight is 351 g/mol. The van der Waals surface area contributed by atoms with E-state index in [0.717, 1.165) is 6.07 Å². The van der Waals surface area contributed by atoms with E-state index in [1.165, 1.54) is 42.5 Å². The van der Waals surface area contributed by atoms with Crippen LogP contribution in [-0.2, 0) is 9.84 Å². The molecule has 0 saturated carbocycles. The summed E-state index contributed by atoms with van der Waals surface area (Å²) in [4.78, 5) is 12.3. The first kappa shape index (κ1) is 18.1. The lowest BCUT2D eigenvalue weighted by Gasteiger charge is -2.17. The van der Waals surface area contributed by atoms with Crippen molar-refractivity contribution in [2.24, 2.45) is 0 Å². The summed E-state index contributed by atoms with van der Waals surface area (Å²) < 4.78 is 36.8. The van der Waals surface area contributed by atoms with Gasteiger partial charge in [0.2, 0.25) is 0 Å². The van der Waals surface area contributed by atoms with Crippen molar-refractivity contribution in [2.75, 3.05) is 12.4 Å². The Hall–Kier alpha value is -2.25. The lowest BCUT2D eigenvalue weighted by atomic mass is 10.1. The lowest BCUT2D eigenvalue weighted by Crippen LogP contribution is -2.30. The van der Waals surface area contributed by atoms with Gasteiger partial charge in [-0.15, -0.1) is 0 Å². The molecule has 0 aromatic heterocycles. The second kappa shape index (κ2) is 7.55. The fraction of sp³-hybridized carbons (Fsp3) is 0.235. The Balaban J connectivity index is 2.18. The quantitative estimate of drug-likeness (QED) is 0.835. The van der Waals surface area contributed by atoms with Crippen molar-refractivity contribution < 1.29 is 22.7 Å². The molecule has 0 spiro atoms. The summed E-state index contributed by atoms with van der Waals surface area (Å²) in [6, 6.07) is 10.4. The molecule has 0 aliphatic carbocycles. The number of hydrogen-bond donors (Lipinski definition) is 2. The zero-order valence-corrected chi connectivity index (χ0v) is 13.9. The van der Waals surface area contributed by atoms with Crippen LogP contribution in [0.1, 0.15) is 28.9 Å². The minimum absolute atomic E-state index is 0.00785. The highest BCUT2D eigenvalue weighted by Crippen LogP contribution is 2.18. The lowest BCUT2D eigenvalue weighted by molar-refractivity contribution is 0.0915. The zero-order chi connectivity index (χ0) is 17.7. The summed E-state index contributed by atoms with van der Waals surface area (Å²) >= 11 is 0. The van der Waals surface area contributed by atoms with E-state index in [2.05, 4.69) is 5.32 Å². The molecular formula is C17H18FNO4S. The van der Waals surface area contributed by atoms with Crippen LogP contribution < -0.4 is 5.32 Å². The van der Waals surface area contributed by atoms with Gasteiger partial charge in [-0.2, -0.15) is 0 Å². The van der Waals surface area contributed by atoms with Crippen molar-refractivity contribution in [3.63, 3.8) is 0 Å². The molecule has 0 aliphatic heterocycles. The number of aliphatic hydroxyl groups excluding tert-OH is 1. The van der Waals surface area contributed by atoms with E-state index in [9.17, 15) is 22.7 Å². The van der Waals surface area contributed by atoms with E-state index in [4.69, 9.17) is 0 Å². The van der Waals surface area contributed by atoms with E-state index >= 15 is 0 Å². The monoisotopic (exact) mass is 351 g/mol. The molecule has 0 bridgehead atoms. The van der Waals surface area contributed by atoms with Gasteiger partial charge in [-0.3, -0.25) is 4.79 Å². The van der Waals surface area contributed by atoms with Crippen molar-refractivity contribution in [3.05, 3.63) is 65.5 Å². The van der Waals surface area contributed by atoms with Crippen LogP contribution in [-0.4, -0.2) is 31.8 Å². The predicted octanol–water partition coefficient (Wildman–Crippen LogP) is 2.08. The van der Waals surface area contributed by atoms with Gasteiger partial charge in [0.1, 0.15) is 5.82 Å². The number of amides is 1. The van der Waals surface area contributed by atoms with Gasteiger partial charge in [-0.05, 0) is 35.9 Å². The molecule has 0 aliphatic rings. The SMILES string of the molecule is CCS(=O)(=O)c1ccc(C(CO)NC(=O)c2cccc(F)c2)cc1. The number of halogens is 1. The third kappa shape index (κ3) is 4.18. The summed E-state index contributed by atoms with van der Waals surface area (Å²) in [6.45, 7) is 1.18. The van der Waals surface area contributed by atoms with Gasteiger partial charge >= 0.3 is 0 Å². The topological polar surface area (TPSA) is 83.5 Å². The molecular weight excluding hydrogens is 333 g/mol. The highest BCUT2D eigenvalue weighted by Gasteiger charge is 2.17. The Kier molecular flexibility index (Phi) is 5.69. The molecule has 2 N–H and O–H groups in total. The highest BCUT2D eigenvalue weighted by molar-refractivity contribution is 7.91. The maximum Gasteiger partial charge on any atom is 0.251 e. The Labute approximate surface area is 140 Å². The number of sulfone groups is 1. The maximum atomic E-state index is 13.2. The van der Waals surface area contributed by atoms with Crippen LogP contribution in [0.2, 0.25) is 0 Å². The van der Waals surface area contributed by atoms with Gasteiger partial charge in [0, 0.05) is 5.56 Å². The Morgan fingerprint density at radius 2 is 1.88 bits per heavy atom. The van der Waals surface area contributed by atoms with Gasteiger partial charge in [0.15, 0.2) is 9.84 Å². The Morgan fingerprint density at radius 3 is 2.42 bits per heavy atom. The summed E-state index contributed by atoms with van der Waals surface area (Å²) in [5, 5.41) is 12.1. The second-order valence-corrected chi connectivity index (χ2v) is 7.47. The number of carbonyl (C=O) groups is 1. The van der Waals surface area contributed by atoms with Crippen LogP contribution in [0.5, 0.6) is 0 Å². The van der Waals surface area contributed by atoms with Crippen LogP contribution >= 0.6 is 0 Å². The number of benzene rings is 2. The van der Waals surface area contributed by atoms with Crippen molar-refractivity contribution in [2.45, 2.75) is 17.9 Å². The molecule has 2 rings (SSSR count).